The van der Waals surface area contributed by atoms with E-state index >= 15 is 0 Å². The van der Waals surface area contributed by atoms with Gasteiger partial charge in [-0.1, -0.05) is 70.5 Å². The number of hydrogen-bond donors (Lipinski definition) is 0. The van der Waals surface area contributed by atoms with Gasteiger partial charge in [0, 0.05) is 4.47 Å². The van der Waals surface area contributed by atoms with Gasteiger partial charge in [0.1, 0.15) is 0 Å². The largest absolute Gasteiger partial charge is 0.192 e. The summed E-state index contributed by atoms with van der Waals surface area (Å²) in [6.07, 6.45) is 5.71. The first-order valence-corrected chi connectivity index (χ1v) is 6.68. The van der Waals surface area contributed by atoms with Gasteiger partial charge in [-0.15, -0.1) is 0 Å². The molecule has 2 rings (SSSR count). The summed E-state index contributed by atoms with van der Waals surface area (Å²) in [5.41, 5.74) is 2.69. The fourth-order valence-corrected chi connectivity index (χ4v) is 1.91. The first-order chi connectivity index (χ1) is 9.29. The second kappa shape index (κ2) is 6.72. The summed E-state index contributed by atoms with van der Waals surface area (Å²) in [5.74, 6) is 0. The van der Waals surface area contributed by atoms with Crippen LogP contribution in [0.15, 0.2) is 71.2 Å². The van der Waals surface area contributed by atoms with Crippen LogP contribution in [0, 0.1) is 11.3 Å². The van der Waals surface area contributed by atoms with Crippen LogP contribution < -0.4 is 0 Å². The second-order valence-corrected chi connectivity index (χ2v) is 4.88. The van der Waals surface area contributed by atoms with Crippen molar-refractivity contribution in [3.05, 3.63) is 82.3 Å². The summed E-state index contributed by atoms with van der Waals surface area (Å²) < 4.78 is 1.01. The third-order valence-electron chi connectivity index (χ3n) is 2.63. The summed E-state index contributed by atoms with van der Waals surface area (Å²) in [7, 11) is 0. The van der Waals surface area contributed by atoms with E-state index in [2.05, 4.69) is 22.0 Å². The number of nitrogens with zero attached hydrogens (tertiary/aromatic N) is 1. The molecule has 2 aromatic rings. The van der Waals surface area contributed by atoms with Gasteiger partial charge in [0.15, 0.2) is 0 Å². The molecule has 0 unspecified atom stereocenters. The van der Waals surface area contributed by atoms with E-state index in [9.17, 15) is 5.26 Å². The molecule has 0 saturated carbocycles. The highest BCUT2D eigenvalue weighted by atomic mass is 79.9. The van der Waals surface area contributed by atoms with E-state index < -0.39 is 0 Å². The van der Waals surface area contributed by atoms with Gasteiger partial charge >= 0.3 is 0 Å². The van der Waals surface area contributed by atoms with Crippen LogP contribution in [0.1, 0.15) is 11.1 Å². The van der Waals surface area contributed by atoms with Gasteiger partial charge in [0.05, 0.1) is 11.6 Å². The molecular formula is C17H12BrN. The highest BCUT2D eigenvalue weighted by Gasteiger charge is 1.98. The number of allylic oxidation sites excluding steroid dienone is 3. The third kappa shape index (κ3) is 3.94. The van der Waals surface area contributed by atoms with Crippen LogP contribution in [0.5, 0.6) is 0 Å². The zero-order valence-corrected chi connectivity index (χ0v) is 11.8. The van der Waals surface area contributed by atoms with E-state index in [0.29, 0.717) is 5.57 Å². The minimum atomic E-state index is 0.652. The average molecular weight is 310 g/mol. The molecule has 0 aromatic heterocycles. The van der Waals surface area contributed by atoms with Crippen LogP contribution in [-0.4, -0.2) is 0 Å². The van der Waals surface area contributed by atoms with E-state index in [0.717, 1.165) is 15.6 Å². The number of benzene rings is 2. The second-order valence-electron chi connectivity index (χ2n) is 3.97. The molecule has 0 aliphatic rings. The van der Waals surface area contributed by atoms with Gasteiger partial charge < -0.3 is 0 Å². The standard InChI is InChI=1S/C17H12BrN/c18-17-11-9-15(10-12-17)16(13-19)8-4-7-14-5-2-1-3-6-14/h1-12H. The fourth-order valence-electron chi connectivity index (χ4n) is 1.65. The molecule has 2 aromatic carbocycles. The van der Waals surface area contributed by atoms with Crippen LogP contribution in [0.4, 0.5) is 0 Å². The molecule has 19 heavy (non-hydrogen) atoms. The molecule has 0 aliphatic carbocycles. The van der Waals surface area contributed by atoms with Crippen molar-refractivity contribution in [2.45, 2.75) is 0 Å². The molecule has 0 saturated heterocycles. The smallest absolute Gasteiger partial charge is 0.0997 e. The first-order valence-electron chi connectivity index (χ1n) is 5.89. The monoisotopic (exact) mass is 309 g/mol. The molecule has 0 atom stereocenters. The van der Waals surface area contributed by atoms with Gasteiger partial charge in [-0.3, -0.25) is 0 Å². The number of nitriles is 1. The van der Waals surface area contributed by atoms with Gasteiger partial charge in [0.25, 0.3) is 0 Å². The molecule has 1 nitrogen and oxygen atoms in total. The topological polar surface area (TPSA) is 23.8 Å². The molecule has 0 spiro atoms. The maximum Gasteiger partial charge on any atom is 0.0997 e. The lowest BCUT2D eigenvalue weighted by atomic mass is 10.1. The molecule has 0 aliphatic heterocycles. The molecule has 2 heteroatoms. The van der Waals surface area contributed by atoms with Gasteiger partial charge in [-0.05, 0) is 29.3 Å². The Morgan fingerprint density at radius 1 is 1.00 bits per heavy atom. The summed E-state index contributed by atoms with van der Waals surface area (Å²) >= 11 is 3.38. The Hall–Kier alpha value is -2.11. The highest BCUT2D eigenvalue weighted by molar-refractivity contribution is 9.10. The fraction of sp³-hybridized carbons (Fsp3) is 0. The first kappa shape index (κ1) is 13.3. The predicted octanol–water partition coefficient (Wildman–Crippen LogP) is 5.07. The Morgan fingerprint density at radius 2 is 1.68 bits per heavy atom. The summed E-state index contributed by atoms with van der Waals surface area (Å²) in [5, 5.41) is 9.18. The minimum absolute atomic E-state index is 0.652. The van der Waals surface area contributed by atoms with E-state index in [1.807, 2.05) is 72.8 Å². The quantitative estimate of drug-likeness (QED) is 0.573. The van der Waals surface area contributed by atoms with Gasteiger partial charge in [-0.2, -0.15) is 5.26 Å². The van der Waals surface area contributed by atoms with Crippen molar-refractivity contribution in [2.75, 3.05) is 0 Å². The lowest BCUT2D eigenvalue weighted by Gasteiger charge is -1.97. The number of hydrogen-bond acceptors (Lipinski definition) is 1. The zero-order valence-electron chi connectivity index (χ0n) is 10.3. The summed E-state index contributed by atoms with van der Waals surface area (Å²) in [6.45, 7) is 0. The average Bonchev–Trinajstić information content (AvgIpc) is 2.46. The molecule has 0 bridgehead atoms. The van der Waals surface area contributed by atoms with Crippen molar-refractivity contribution in [3.8, 4) is 6.07 Å². The molecule has 0 fully saturated rings. The van der Waals surface area contributed by atoms with Crippen molar-refractivity contribution < 1.29 is 0 Å². The molecule has 0 amide bonds. The van der Waals surface area contributed by atoms with Crippen molar-refractivity contribution in [1.82, 2.24) is 0 Å². The lowest BCUT2D eigenvalue weighted by molar-refractivity contribution is 1.51. The lowest BCUT2D eigenvalue weighted by Crippen LogP contribution is -1.79. The van der Waals surface area contributed by atoms with Crippen LogP contribution in [0.2, 0.25) is 0 Å². The zero-order chi connectivity index (χ0) is 13.5. The summed E-state index contributed by atoms with van der Waals surface area (Å²) in [6, 6.07) is 19.9. The Bertz CT molecular complexity index is 631. The maximum absolute atomic E-state index is 9.18. The Labute approximate surface area is 121 Å². The molecule has 0 N–H and O–H groups in total. The molecule has 0 heterocycles. The van der Waals surface area contributed by atoms with Gasteiger partial charge in [0.2, 0.25) is 0 Å². The van der Waals surface area contributed by atoms with Crippen LogP contribution in [0.25, 0.3) is 11.6 Å². The van der Waals surface area contributed by atoms with E-state index in [1.165, 1.54) is 0 Å². The van der Waals surface area contributed by atoms with E-state index in [-0.39, 0.29) is 0 Å². The molecular weight excluding hydrogens is 298 g/mol. The summed E-state index contributed by atoms with van der Waals surface area (Å²) in [4.78, 5) is 0. The SMILES string of the molecule is N#CC(=CC=Cc1ccccc1)c1ccc(Br)cc1. The molecule has 0 radical (unpaired) electrons. The Balaban J connectivity index is 2.19. The van der Waals surface area contributed by atoms with Crippen molar-refractivity contribution >= 4 is 27.6 Å². The van der Waals surface area contributed by atoms with Crippen molar-refractivity contribution in [2.24, 2.45) is 0 Å². The Morgan fingerprint density at radius 3 is 2.32 bits per heavy atom. The van der Waals surface area contributed by atoms with E-state index in [4.69, 9.17) is 0 Å². The highest BCUT2D eigenvalue weighted by Crippen LogP contribution is 2.17. The van der Waals surface area contributed by atoms with Crippen LogP contribution >= 0.6 is 15.9 Å². The maximum atomic E-state index is 9.18. The number of rotatable bonds is 3. The van der Waals surface area contributed by atoms with Crippen molar-refractivity contribution in [1.29, 1.82) is 5.26 Å². The predicted molar refractivity (Wildman–Crippen MR) is 83.2 cm³/mol. The van der Waals surface area contributed by atoms with Crippen LogP contribution in [-0.2, 0) is 0 Å². The van der Waals surface area contributed by atoms with Crippen LogP contribution in [0.3, 0.4) is 0 Å². The van der Waals surface area contributed by atoms with Gasteiger partial charge in [-0.25, -0.2) is 0 Å². The Kier molecular flexibility index (Phi) is 4.72. The van der Waals surface area contributed by atoms with Crippen molar-refractivity contribution in [3.63, 3.8) is 0 Å². The normalized spacial score (nSPS) is 11.5. The third-order valence-corrected chi connectivity index (χ3v) is 3.16. The number of halogens is 1. The minimum Gasteiger partial charge on any atom is -0.192 e. The van der Waals surface area contributed by atoms with E-state index in [1.54, 1.807) is 0 Å². The molecule has 92 valence electrons.